The fourth-order valence-electron chi connectivity index (χ4n) is 1.75. The van der Waals surface area contributed by atoms with Crippen molar-refractivity contribution in [2.75, 3.05) is 0 Å². The first-order chi connectivity index (χ1) is 9.61. The van der Waals surface area contributed by atoms with Crippen molar-refractivity contribution in [3.63, 3.8) is 0 Å². The third-order valence-electron chi connectivity index (χ3n) is 2.91. The van der Waals surface area contributed by atoms with Crippen LogP contribution in [0, 0.1) is 0 Å². The second-order valence-corrected chi connectivity index (χ2v) is 4.77. The number of amides is 2. The average molecular weight is 302 g/mol. The molecule has 0 radical (unpaired) electrons. The van der Waals surface area contributed by atoms with Gasteiger partial charge >= 0.3 is 6.18 Å². The maximum Gasteiger partial charge on any atom is 0.416 e. The first-order valence-electron chi connectivity index (χ1n) is 6.36. The van der Waals surface area contributed by atoms with Crippen molar-refractivity contribution in [1.82, 2.24) is 10.6 Å². The van der Waals surface area contributed by atoms with Crippen LogP contribution in [0.4, 0.5) is 13.2 Å². The Labute approximate surface area is 120 Å². The standard InChI is InChI=1S/C14H17F3N2O2/c1-8(19-13(21)9(2)18-10(3)20)11-4-6-12(7-5-11)14(15,16)17/h4-9H,1-3H3,(H,18,20)(H,19,21)/t8-,9-/m1/s1. The predicted molar refractivity (Wildman–Crippen MR) is 71.3 cm³/mol. The van der Waals surface area contributed by atoms with Gasteiger partial charge in [-0.15, -0.1) is 0 Å². The summed E-state index contributed by atoms with van der Waals surface area (Å²) in [4.78, 5) is 22.6. The van der Waals surface area contributed by atoms with Gasteiger partial charge in [0.2, 0.25) is 11.8 Å². The third kappa shape index (κ3) is 5.09. The topological polar surface area (TPSA) is 58.2 Å². The Balaban J connectivity index is 2.69. The average Bonchev–Trinajstić information content (AvgIpc) is 2.36. The summed E-state index contributed by atoms with van der Waals surface area (Å²) in [5.74, 6) is -0.738. The van der Waals surface area contributed by atoms with Crippen molar-refractivity contribution in [1.29, 1.82) is 0 Å². The maximum atomic E-state index is 12.4. The first kappa shape index (κ1) is 17.0. The lowest BCUT2D eigenvalue weighted by molar-refractivity contribution is -0.137. The molecule has 7 heteroatoms. The molecule has 0 unspecified atom stereocenters. The van der Waals surface area contributed by atoms with Crippen LogP contribution in [0.15, 0.2) is 24.3 Å². The number of nitrogens with one attached hydrogen (secondary N) is 2. The zero-order chi connectivity index (χ0) is 16.2. The number of carbonyl (C=O) groups excluding carboxylic acids is 2. The molecule has 2 atom stereocenters. The first-order valence-corrected chi connectivity index (χ1v) is 6.36. The predicted octanol–water partition coefficient (Wildman–Crippen LogP) is 2.41. The van der Waals surface area contributed by atoms with Gasteiger partial charge in [0.15, 0.2) is 0 Å². The lowest BCUT2D eigenvalue weighted by Crippen LogP contribution is -2.44. The minimum absolute atomic E-state index is 0.333. The fourth-order valence-corrected chi connectivity index (χ4v) is 1.75. The van der Waals surface area contributed by atoms with E-state index >= 15 is 0 Å². The molecule has 0 aromatic heterocycles. The van der Waals surface area contributed by atoms with Crippen LogP contribution in [0.25, 0.3) is 0 Å². The van der Waals surface area contributed by atoms with E-state index in [0.717, 1.165) is 12.1 Å². The molecule has 116 valence electrons. The summed E-state index contributed by atoms with van der Waals surface area (Å²) in [6, 6.07) is 3.40. The number of alkyl halides is 3. The molecule has 0 spiro atoms. The van der Waals surface area contributed by atoms with Crippen molar-refractivity contribution in [2.24, 2.45) is 0 Å². The van der Waals surface area contributed by atoms with Gasteiger partial charge in [-0.3, -0.25) is 9.59 Å². The molecule has 0 bridgehead atoms. The van der Waals surface area contributed by atoms with Crippen molar-refractivity contribution in [3.8, 4) is 0 Å². The summed E-state index contributed by atoms with van der Waals surface area (Å²) < 4.78 is 37.3. The van der Waals surface area contributed by atoms with Gasteiger partial charge in [-0.05, 0) is 31.5 Å². The number of rotatable bonds is 4. The van der Waals surface area contributed by atoms with Crippen LogP contribution >= 0.6 is 0 Å². The van der Waals surface area contributed by atoms with Crippen LogP contribution in [-0.2, 0) is 15.8 Å². The van der Waals surface area contributed by atoms with E-state index in [-0.39, 0.29) is 5.91 Å². The quantitative estimate of drug-likeness (QED) is 0.897. The van der Waals surface area contributed by atoms with Gasteiger partial charge in [0.25, 0.3) is 0 Å². The zero-order valence-electron chi connectivity index (χ0n) is 11.9. The molecule has 0 saturated carbocycles. The molecule has 1 aromatic carbocycles. The lowest BCUT2D eigenvalue weighted by Gasteiger charge is -2.18. The molecule has 21 heavy (non-hydrogen) atoms. The SMILES string of the molecule is CC(=O)N[C@H](C)C(=O)N[C@H](C)c1ccc(C(F)(F)F)cc1. The molecule has 4 nitrogen and oxygen atoms in total. The van der Waals surface area contributed by atoms with Crippen LogP contribution in [0.3, 0.4) is 0 Å². The van der Waals surface area contributed by atoms with E-state index in [1.54, 1.807) is 6.92 Å². The minimum Gasteiger partial charge on any atom is -0.348 e. The number of carbonyl (C=O) groups is 2. The number of hydrogen-bond donors (Lipinski definition) is 2. The van der Waals surface area contributed by atoms with Crippen molar-refractivity contribution < 1.29 is 22.8 Å². The van der Waals surface area contributed by atoms with Crippen LogP contribution in [0.2, 0.25) is 0 Å². The van der Waals surface area contributed by atoms with Gasteiger partial charge in [-0.1, -0.05) is 12.1 Å². The molecular weight excluding hydrogens is 285 g/mol. The number of hydrogen-bond acceptors (Lipinski definition) is 2. The maximum absolute atomic E-state index is 12.4. The van der Waals surface area contributed by atoms with Crippen LogP contribution in [-0.4, -0.2) is 17.9 Å². The Bertz CT molecular complexity index is 512. The molecule has 0 aliphatic carbocycles. The van der Waals surface area contributed by atoms with E-state index in [1.165, 1.54) is 26.0 Å². The lowest BCUT2D eigenvalue weighted by atomic mass is 10.1. The fraction of sp³-hybridized carbons (Fsp3) is 0.429. The van der Waals surface area contributed by atoms with Crippen LogP contribution in [0.1, 0.15) is 37.9 Å². The number of benzene rings is 1. The molecular formula is C14H17F3N2O2. The molecule has 2 amide bonds. The highest BCUT2D eigenvalue weighted by Crippen LogP contribution is 2.29. The normalized spacial score (nSPS) is 14.2. The van der Waals surface area contributed by atoms with E-state index in [1.807, 2.05) is 0 Å². The highest BCUT2D eigenvalue weighted by Gasteiger charge is 2.30. The summed E-state index contributed by atoms with van der Waals surface area (Å²) in [5, 5.41) is 5.05. The summed E-state index contributed by atoms with van der Waals surface area (Å²) in [7, 11) is 0. The van der Waals surface area contributed by atoms with Gasteiger partial charge < -0.3 is 10.6 Å². The summed E-state index contributed by atoms with van der Waals surface area (Å²) in [5.41, 5.74) is -0.192. The second kappa shape index (κ2) is 6.60. The van der Waals surface area contributed by atoms with E-state index in [0.29, 0.717) is 5.56 Å². The van der Waals surface area contributed by atoms with Crippen LogP contribution in [0.5, 0.6) is 0 Å². The Morgan fingerprint density at radius 1 is 1.05 bits per heavy atom. The van der Waals surface area contributed by atoms with E-state index in [2.05, 4.69) is 10.6 Å². The van der Waals surface area contributed by atoms with E-state index in [9.17, 15) is 22.8 Å². The molecule has 0 saturated heterocycles. The highest BCUT2D eigenvalue weighted by atomic mass is 19.4. The van der Waals surface area contributed by atoms with Gasteiger partial charge in [0.1, 0.15) is 6.04 Å². The van der Waals surface area contributed by atoms with Crippen molar-refractivity contribution in [2.45, 2.75) is 39.0 Å². The monoisotopic (exact) mass is 302 g/mol. The van der Waals surface area contributed by atoms with Gasteiger partial charge in [0.05, 0.1) is 11.6 Å². The largest absolute Gasteiger partial charge is 0.416 e. The second-order valence-electron chi connectivity index (χ2n) is 4.77. The summed E-state index contributed by atoms with van der Waals surface area (Å²) in [6.45, 7) is 4.47. The number of halogens is 3. The Morgan fingerprint density at radius 2 is 1.57 bits per heavy atom. The highest BCUT2D eigenvalue weighted by molar-refractivity contribution is 5.86. The summed E-state index contributed by atoms with van der Waals surface area (Å²) >= 11 is 0. The Morgan fingerprint density at radius 3 is 2.00 bits per heavy atom. The van der Waals surface area contributed by atoms with Crippen molar-refractivity contribution in [3.05, 3.63) is 35.4 Å². The molecule has 1 aromatic rings. The zero-order valence-corrected chi connectivity index (χ0v) is 11.9. The smallest absolute Gasteiger partial charge is 0.348 e. The Kier molecular flexibility index (Phi) is 5.34. The molecule has 0 heterocycles. The third-order valence-corrected chi connectivity index (χ3v) is 2.91. The van der Waals surface area contributed by atoms with Gasteiger partial charge in [-0.25, -0.2) is 0 Å². The van der Waals surface area contributed by atoms with Gasteiger partial charge in [-0.2, -0.15) is 13.2 Å². The molecule has 0 aliphatic heterocycles. The molecule has 0 fully saturated rings. The van der Waals surface area contributed by atoms with E-state index in [4.69, 9.17) is 0 Å². The molecule has 2 N–H and O–H groups in total. The molecule has 0 aliphatic rings. The summed E-state index contributed by atoms with van der Waals surface area (Å²) in [6.07, 6.45) is -4.38. The minimum atomic E-state index is -4.38. The van der Waals surface area contributed by atoms with E-state index < -0.39 is 29.7 Å². The van der Waals surface area contributed by atoms with Crippen LogP contribution < -0.4 is 10.6 Å². The van der Waals surface area contributed by atoms with Crippen molar-refractivity contribution >= 4 is 11.8 Å². The molecule has 1 rings (SSSR count). The Hall–Kier alpha value is -2.05. The van der Waals surface area contributed by atoms with Gasteiger partial charge in [0, 0.05) is 6.92 Å².